The first-order valence-corrected chi connectivity index (χ1v) is 10.1. The normalized spacial score (nSPS) is 20.6. The summed E-state index contributed by atoms with van der Waals surface area (Å²) >= 11 is 0. The van der Waals surface area contributed by atoms with Gasteiger partial charge in [-0.25, -0.2) is 4.79 Å². The molecular formula is C20H28F2N4O3. The third kappa shape index (κ3) is 5.79. The van der Waals surface area contributed by atoms with E-state index in [0.717, 1.165) is 19.4 Å². The van der Waals surface area contributed by atoms with Crippen LogP contribution in [0.25, 0.3) is 0 Å². The van der Waals surface area contributed by atoms with Crippen molar-refractivity contribution in [2.45, 2.75) is 38.8 Å². The lowest BCUT2D eigenvalue weighted by Gasteiger charge is -2.38. The summed E-state index contributed by atoms with van der Waals surface area (Å²) in [6, 6.07) is 6.02. The second-order valence-corrected chi connectivity index (χ2v) is 7.50. The van der Waals surface area contributed by atoms with Gasteiger partial charge in [0.15, 0.2) is 0 Å². The van der Waals surface area contributed by atoms with Crippen molar-refractivity contribution in [3.05, 3.63) is 24.3 Å². The predicted molar refractivity (Wildman–Crippen MR) is 105 cm³/mol. The first kappa shape index (κ1) is 21.3. The number of hydrogen-bond donors (Lipinski definition) is 1. The largest absolute Gasteiger partial charge is 0.433 e. The lowest BCUT2D eigenvalue weighted by molar-refractivity contribution is -0.136. The number of ether oxygens (including phenoxy) is 1. The van der Waals surface area contributed by atoms with Gasteiger partial charge in [-0.15, -0.1) is 0 Å². The van der Waals surface area contributed by atoms with E-state index >= 15 is 0 Å². The molecule has 3 amide bonds. The van der Waals surface area contributed by atoms with Gasteiger partial charge in [-0.3, -0.25) is 9.69 Å². The standard InChI is InChI=1S/C20H28F2N4O3/c1-15-6-4-5-9-26(15)18(27)14-24-10-12-25(13-11-24)20(28)23-16-7-2-3-8-17(16)29-19(21)22/h2-3,7-8,15,19H,4-6,9-14H2,1H3,(H,23,28). The summed E-state index contributed by atoms with van der Waals surface area (Å²) in [5.74, 6) is 0.0731. The van der Waals surface area contributed by atoms with Gasteiger partial charge in [0.25, 0.3) is 0 Å². The summed E-state index contributed by atoms with van der Waals surface area (Å²) < 4.78 is 29.5. The van der Waals surface area contributed by atoms with Crippen LogP contribution in [0.2, 0.25) is 0 Å². The van der Waals surface area contributed by atoms with Crippen LogP contribution in [0.5, 0.6) is 5.75 Å². The van der Waals surface area contributed by atoms with E-state index in [1.54, 1.807) is 17.0 Å². The molecule has 2 aliphatic heterocycles. The Hall–Kier alpha value is -2.42. The number of likely N-dealkylation sites (tertiary alicyclic amines) is 1. The molecule has 1 N–H and O–H groups in total. The molecular weight excluding hydrogens is 382 g/mol. The fraction of sp³-hybridized carbons (Fsp3) is 0.600. The summed E-state index contributed by atoms with van der Waals surface area (Å²) in [6.45, 7) is 2.44. The Morgan fingerprint density at radius 1 is 1.14 bits per heavy atom. The number of urea groups is 1. The van der Waals surface area contributed by atoms with Gasteiger partial charge in [-0.1, -0.05) is 12.1 Å². The minimum absolute atomic E-state index is 0.0734. The highest BCUT2D eigenvalue weighted by molar-refractivity contribution is 5.91. The third-order valence-electron chi connectivity index (χ3n) is 5.49. The van der Waals surface area contributed by atoms with E-state index < -0.39 is 6.61 Å². The monoisotopic (exact) mass is 410 g/mol. The van der Waals surface area contributed by atoms with E-state index in [1.165, 1.54) is 18.6 Å². The van der Waals surface area contributed by atoms with E-state index in [-0.39, 0.29) is 23.4 Å². The number of carbonyl (C=O) groups excluding carboxylic acids is 2. The van der Waals surface area contributed by atoms with Crippen LogP contribution in [0.4, 0.5) is 19.3 Å². The van der Waals surface area contributed by atoms with E-state index in [0.29, 0.717) is 38.8 Å². The number of alkyl halides is 2. The van der Waals surface area contributed by atoms with E-state index in [1.807, 2.05) is 4.90 Å². The Kier molecular flexibility index (Phi) is 7.24. The Balaban J connectivity index is 1.48. The van der Waals surface area contributed by atoms with Gasteiger partial charge >= 0.3 is 12.6 Å². The molecule has 0 radical (unpaired) electrons. The average molecular weight is 410 g/mol. The second-order valence-electron chi connectivity index (χ2n) is 7.50. The Morgan fingerprint density at radius 2 is 1.86 bits per heavy atom. The smallest absolute Gasteiger partial charge is 0.387 e. The van der Waals surface area contributed by atoms with Gasteiger partial charge in [0.1, 0.15) is 5.75 Å². The number of amides is 3. The molecule has 2 saturated heterocycles. The lowest BCUT2D eigenvalue weighted by Crippen LogP contribution is -2.53. The summed E-state index contributed by atoms with van der Waals surface area (Å²) in [5.41, 5.74) is 0.203. The van der Waals surface area contributed by atoms with Crippen LogP contribution in [0, 0.1) is 0 Å². The molecule has 1 atom stereocenters. The van der Waals surface area contributed by atoms with Gasteiger partial charge in [0.2, 0.25) is 5.91 Å². The van der Waals surface area contributed by atoms with Crippen LogP contribution in [-0.2, 0) is 4.79 Å². The van der Waals surface area contributed by atoms with Crippen molar-refractivity contribution >= 4 is 17.6 Å². The lowest BCUT2D eigenvalue weighted by atomic mass is 10.0. The zero-order valence-corrected chi connectivity index (χ0v) is 16.7. The maximum atomic E-state index is 12.6. The molecule has 0 bridgehead atoms. The van der Waals surface area contributed by atoms with Crippen molar-refractivity contribution in [2.24, 2.45) is 0 Å². The van der Waals surface area contributed by atoms with E-state index in [9.17, 15) is 18.4 Å². The minimum atomic E-state index is -2.96. The number of piperazine rings is 1. The SMILES string of the molecule is CC1CCCCN1C(=O)CN1CCN(C(=O)Nc2ccccc2OC(F)F)CC1. The summed E-state index contributed by atoms with van der Waals surface area (Å²) in [7, 11) is 0. The maximum absolute atomic E-state index is 12.6. The quantitative estimate of drug-likeness (QED) is 0.811. The number of para-hydroxylation sites is 2. The molecule has 7 nitrogen and oxygen atoms in total. The Bertz CT molecular complexity index is 711. The van der Waals surface area contributed by atoms with Crippen LogP contribution in [0.15, 0.2) is 24.3 Å². The van der Waals surface area contributed by atoms with Crippen molar-refractivity contribution in [3.63, 3.8) is 0 Å². The number of carbonyl (C=O) groups is 2. The minimum Gasteiger partial charge on any atom is -0.433 e. The topological polar surface area (TPSA) is 65.1 Å². The van der Waals surface area contributed by atoms with Crippen molar-refractivity contribution < 1.29 is 23.1 Å². The zero-order chi connectivity index (χ0) is 20.8. The molecule has 2 aliphatic rings. The fourth-order valence-electron chi connectivity index (χ4n) is 3.82. The Labute approximate surface area is 169 Å². The number of anilines is 1. The number of rotatable bonds is 5. The van der Waals surface area contributed by atoms with Crippen LogP contribution in [0.1, 0.15) is 26.2 Å². The maximum Gasteiger partial charge on any atom is 0.387 e. The average Bonchev–Trinajstić information content (AvgIpc) is 2.70. The van der Waals surface area contributed by atoms with Crippen LogP contribution >= 0.6 is 0 Å². The van der Waals surface area contributed by atoms with Crippen LogP contribution in [-0.4, -0.2) is 78.6 Å². The molecule has 9 heteroatoms. The van der Waals surface area contributed by atoms with Crippen LogP contribution in [0.3, 0.4) is 0 Å². The molecule has 0 aliphatic carbocycles. The number of hydrogen-bond acceptors (Lipinski definition) is 4. The number of benzene rings is 1. The van der Waals surface area contributed by atoms with Gasteiger partial charge in [0.05, 0.1) is 12.2 Å². The van der Waals surface area contributed by atoms with E-state index in [4.69, 9.17) is 0 Å². The van der Waals surface area contributed by atoms with E-state index in [2.05, 4.69) is 21.9 Å². The van der Waals surface area contributed by atoms with Crippen molar-refractivity contribution in [1.29, 1.82) is 0 Å². The zero-order valence-electron chi connectivity index (χ0n) is 16.7. The van der Waals surface area contributed by atoms with Gasteiger partial charge in [-0.05, 0) is 38.3 Å². The predicted octanol–water partition coefficient (Wildman–Crippen LogP) is 2.84. The molecule has 1 aromatic rings. The van der Waals surface area contributed by atoms with Gasteiger partial charge in [-0.2, -0.15) is 8.78 Å². The van der Waals surface area contributed by atoms with Crippen LogP contribution < -0.4 is 10.1 Å². The first-order chi connectivity index (χ1) is 13.9. The molecule has 29 heavy (non-hydrogen) atoms. The summed E-state index contributed by atoms with van der Waals surface area (Å²) in [6.07, 6.45) is 3.28. The van der Waals surface area contributed by atoms with Crippen molar-refractivity contribution in [1.82, 2.24) is 14.7 Å². The number of nitrogens with one attached hydrogen (secondary N) is 1. The molecule has 0 saturated carbocycles. The van der Waals surface area contributed by atoms with Gasteiger partial charge in [0, 0.05) is 38.8 Å². The highest BCUT2D eigenvalue weighted by atomic mass is 19.3. The summed E-state index contributed by atoms with van der Waals surface area (Å²) in [4.78, 5) is 30.7. The molecule has 1 unspecified atom stereocenters. The molecule has 160 valence electrons. The molecule has 1 aromatic carbocycles. The first-order valence-electron chi connectivity index (χ1n) is 10.1. The number of piperidine rings is 1. The molecule has 0 spiro atoms. The summed E-state index contributed by atoms with van der Waals surface area (Å²) in [5, 5.41) is 2.63. The number of nitrogens with zero attached hydrogens (tertiary/aromatic N) is 3. The third-order valence-corrected chi connectivity index (χ3v) is 5.49. The highest BCUT2D eigenvalue weighted by Gasteiger charge is 2.27. The number of halogens is 2. The fourth-order valence-corrected chi connectivity index (χ4v) is 3.82. The van der Waals surface area contributed by atoms with Crippen molar-refractivity contribution in [3.8, 4) is 5.75 Å². The molecule has 0 aromatic heterocycles. The second kappa shape index (κ2) is 9.87. The van der Waals surface area contributed by atoms with Gasteiger partial charge < -0.3 is 19.9 Å². The molecule has 3 rings (SSSR count). The highest BCUT2D eigenvalue weighted by Crippen LogP contribution is 2.26. The molecule has 2 fully saturated rings. The Morgan fingerprint density at radius 3 is 2.55 bits per heavy atom. The van der Waals surface area contributed by atoms with Crippen molar-refractivity contribution in [2.75, 3.05) is 44.6 Å². The molecule has 2 heterocycles.